The number of alkyl halides is 1. The third kappa shape index (κ3) is 6.08. The van der Waals surface area contributed by atoms with Gasteiger partial charge in [0.05, 0.1) is 25.2 Å². The standard InChI is InChI=1S/C7H13ClO2/c1-2-3-4-10-6-7(9)5-8/h2,7,9H,1,3-6H2. The zero-order chi connectivity index (χ0) is 7.82. The molecule has 0 aliphatic rings. The number of hydrogen-bond donors (Lipinski definition) is 1. The lowest BCUT2D eigenvalue weighted by Crippen LogP contribution is -2.16. The predicted molar refractivity (Wildman–Crippen MR) is 42.4 cm³/mol. The fraction of sp³-hybridized carbons (Fsp3) is 0.714. The molecule has 0 fully saturated rings. The first-order valence-electron chi connectivity index (χ1n) is 3.24. The summed E-state index contributed by atoms with van der Waals surface area (Å²) in [6, 6.07) is 0. The first kappa shape index (κ1) is 9.95. The van der Waals surface area contributed by atoms with E-state index >= 15 is 0 Å². The molecule has 0 radical (unpaired) electrons. The van der Waals surface area contributed by atoms with Crippen LogP contribution < -0.4 is 0 Å². The molecule has 0 spiro atoms. The fourth-order valence-corrected chi connectivity index (χ4v) is 0.520. The summed E-state index contributed by atoms with van der Waals surface area (Å²) >= 11 is 5.31. The Morgan fingerprint density at radius 1 is 1.70 bits per heavy atom. The molecule has 0 aromatic rings. The van der Waals surface area contributed by atoms with Crippen LogP contribution in [0.25, 0.3) is 0 Å². The number of halogens is 1. The van der Waals surface area contributed by atoms with Gasteiger partial charge in [-0.05, 0) is 6.42 Å². The normalized spacial score (nSPS) is 13.0. The van der Waals surface area contributed by atoms with Gasteiger partial charge in [0, 0.05) is 0 Å². The highest BCUT2D eigenvalue weighted by atomic mass is 35.5. The zero-order valence-corrected chi connectivity index (χ0v) is 6.68. The van der Waals surface area contributed by atoms with Gasteiger partial charge < -0.3 is 9.84 Å². The number of ether oxygens (including phenoxy) is 1. The van der Waals surface area contributed by atoms with E-state index in [1.54, 1.807) is 6.08 Å². The van der Waals surface area contributed by atoms with Crippen LogP contribution in [-0.4, -0.2) is 30.3 Å². The Balaban J connectivity index is 2.95. The van der Waals surface area contributed by atoms with Crippen LogP contribution in [0.2, 0.25) is 0 Å². The smallest absolute Gasteiger partial charge is 0.0908 e. The Hall–Kier alpha value is -0.0500. The Bertz CT molecular complexity index is 85.7. The second-order valence-electron chi connectivity index (χ2n) is 1.96. The number of hydrogen-bond acceptors (Lipinski definition) is 2. The van der Waals surface area contributed by atoms with Gasteiger partial charge in [-0.2, -0.15) is 0 Å². The Morgan fingerprint density at radius 2 is 2.40 bits per heavy atom. The molecule has 0 aromatic carbocycles. The molecule has 0 bridgehead atoms. The van der Waals surface area contributed by atoms with Crippen molar-refractivity contribution in [2.75, 3.05) is 19.1 Å². The topological polar surface area (TPSA) is 29.5 Å². The maximum atomic E-state index is 8.87. The zero-order valence-electron chi connectivity index (χ0n) is 5.92. The van der Waals surface area contributed by atoms with E-state index in [1.165, 1.54) is 0 Å². The summed E-state index contributed by atoms with van der Waals surface area (Å²) in [6.45, 7) is 4.45. The van der Waals surface area contributed by atoms with Gasteiger partial charge in [0.15, 0.2) is 0 Å². The third-order valence-electron chi connectivity index (χ3n) is 0.955. The summed E-state index contributed by atoms with van der Waals surface area (Å²) in [5.74, 6) is 0.230. The van der Waals surface area contributed by atoms with Crippen molar-refractivity contribution in [1.29, 1.82) is 0 Å². The average Bonchev–Trinajstić information content (AvgIpc) is 1.98. The largest absolute Gasteiger partial charge is 0.389 e. The molecule has 60 valence electrons. The lowest BCUT2D eigenvalue weighted by molar-refractivity contribution is 0.0502. The van der Waals surface area contributed by atoms with Crippen molar-refractivity contribution in [2.24, 2.45) is 0 Å². The quantitative estimate of drug-likeness (QED) is 0.363. The first-order valence-corrected chi connectivity index (χ1v) is 3.77. The van der Waals surface area contributed by atoms with E-state index in [0.717, 1.165) is 6.42 Å². The summed E-state index contributed by atoms with van der Waals surface area (Å²) in [6.07, 6.45) is 2.05. The number of aliphatic hydroxyl groups excluding tert-OH is 1. The summed E-state index contributed by atoms with van der Waals surface area (Å²) < 4.78 is 5.02. The Kier molecular flexibility index (Phi) is 7.03. The molecular formula is C7H13ClO2. The van der Waals surface area contributed by atoms with Crippen LogP contribution in [0.3, 0.4) is 0 Å². The Labute approximate surface area is 66.5 Å². The van der Waals surface area contributed by atoms with Crippen molar-refractivity contribution in [1.82, 2.24) is 0 Å². The minimum atomic E-state index is -0.536. The van der Waals surface area contributed by atoms with Gasteiger partial charge in [0.25, 0.3) is 0 Å². The molecule has 0 aliphatic heterocycles. The van der Waals surface area contributed by atoms with Gasteiger partial charge >= 0.3 is 0 Å². The van der Waals surface area contributed by atoms with Gasteiger partial charge in [-0.1, -0.05) is 6.08 Å². The highest BCUT2D eigenvalue weighted by Gasteiger charge is 1.99. The van der Waals surface area contributed by atoms with Crippen LogP contribution >= 0.6 is 11.6 Å². The van der Waals surface area contributed by atoms with Crippen LogP contribution in [0.4, 0.5) is 0 Å². The maximum absolute atomic E-state index is 8.87. The fourth-order valence-electron chi connectivity index (χ4n) is 0.431. The van der Waals surface area contributed by atoms with Crippen molar-refractivity contribution in [2.45, 2.75) is 12.5 Å². The van der Waals surface area contributed by atoms with E-state index in [0.29, 0.717) is 13.2 Å². The molecule has 1 atom stereocenters. The molecule has 0 heterocycles. The van der Waals surface area contributed by atoms with Crippen LogP contribution in [0.5, 0.6) is 0 Å². The average molecular weight is 165 g/mol. The van der Waals surface area contributed by atoms with E-state index in [-0.39, 0.29) is 5.88 Å². The van der Waals surface area contributed by atoms with E-state index in [4.69, 9.17) is 21.4 Å². The molecule has 10 heavy (non-hydrogen) atoms. The van der Waals surface area contributed by atoms with Crippen LogP contribution in [-0.2, 0) is 4.74 Å². The second-order valence-corrected chi connectivity index (χ2v) is 2.27. The third-order valence-corrected chi connectivity index (χ3v) is 1.31. The SMILES string of the molecule is C=CCCOCC(O)CCl. The predicted octanol–water partition coefficient (Wildman–Crippen LogP) is 1.18. The molecular weight excluding hydrogens is 152 g/mol. The van der Waals surface area contributed by atoms with Gasteiger partial charge in [0.1, 0.15) is 0 Å². The molecule has 0 saturated carbocycles. The van der Waals surface area contributed by atoms with E-state index in [9.17, 15) is 0 Å². The number of rotatable bonds is 6. The molecule has 0 saturated heterocycles. The molecule has 3 heteroatoms. The molecule has 2 nitrogen and oxygen atoms in total. The molecule has 0 aromatic heterocycles. The van der Waals surface area contributed by atoms with Gasteiger partial charge in [-0.15, -0.1) is 18.2 Å². The first-order chi connectivity index (χ1) is 4.81. The molecule has 1 N–H and O–H groups in total. The summed E-state index contributed by atoms with van der Waals surface area (Å²) in [5, 5.41) is 8.87. The van der Waals surface area contributed by atoms with Crippen molar-refractivity contribution < 1.29 is 9.84 Å². The van der Waals surface area contributed by atoms with E-state index in [2.05, 4.69) is 6.58 Å². The summed E-state index contributed by atoms with van der Waals surface area (Å²) in [7, 11) is 0. The van der Waals surface area contributed by atoms with Crippen molar-refractivity contribution in [3.05, 3.63) is 12.7 Å². The van der Waals surface area contributed by atoms with E-state index in [1.807, 2.05) is 0 Å². The van der Waals surface area contributed by atoms with E-state index < -0.39 is 6.10 Å². The Morgan fingerprint density at radius 3 is 2.90 bits per heavy atom. The van der Waals surface area contributed by atoms with Gasteiger partial charge in [0.2, 0.25) is 0 Å². The molecule has 0 aliphatic carbocycles. The monoisotopic (exact) mass is 164 g/mol. The molecule has 1 unspecified atom stereocenters. The van der Waals surface area contributed by atoms with Crippen molar-refractivity contribution >= 4 is 11.6 Å². The molecule has 0 amide bonds. The lowest BCUT2D eigenvalue weighted by atomic mass is 10.4. The highest BCUT2D eigenvalue weighted by Crippen LogP contribution is 1.90. The van der Waals surface area contributed by atoms with Crippen LogP contribution in [0, 0.1) is 0 Å². The summed E-state index contributed by atoms with van der Waals surface area (Å²) in [5.41, 5.74) is 0. The highest BCUT2D eigenvalue weighted by molar-refractivity contribution is 6.18. The second kappa shape index (κ2) is 7.06. The minimum absolute atomic E-state index is 0.230. The van der Waals surface area contributed by atoms with Crippen LogP contribution in [0.15, 0.2) is 12.7 Å². The minimum Gasteiger partial charge on any atom is -0.389 e. The van der Waals surface area contributed by atoms with Gasteiger partial charge in [-0.3, -0.25) is 0 Å². The summed E-state index contributed by atoms with van der Waals surface area (Å²) in [4.78, 5) is 0. The van der Waals surface area contributed by atoms with Crippen molar-refractivity contribution in [3.63, 3.8) is 0 Å². The lowest BCUT2D eigenvalue weighted by Gasteiger charge is -2.05. The van der Waals surface area contributed by atoms with Crippen LogP contribution in [0.1, 0.15) is 6.42 Å². The van der Waals surface area contributed by atoms with Crippen molar-refractivity contribution in [3.8, 4) is 0 Å². The number of aliphatic hydroxyl groups is 1. The van der Waals surface area contributed by atoms with Gasteiger partial charge in [-0.25, -0.2) is 0 Å². The molecule has 0 rings (SSSR count). The maximum Gasteiger partial charge on any atom is 0.0908 e.